The third-order valence-corrected chi connectivity index (χ3v) is 4.89. The van der Waals surface area contributed by atoms with Gasteiger partial charge in [-0.25, -0.2) is 0 Å². The van der Waals surface area contributed by atoms with E-state index in [1.807, 2.05) is 0 Å². The molecular formula is C18H30O2. The third-order valence-electron chi connectivity index (χ3n) is 4.89. The number of allylic oxidation sites excluding steroid dienone is 2. The molecule has 0 bridgehead atoms. The molecule has 0 aliphatic heterocycles. The highest BCUT2D eigenvalue weighted by molar-refractivity contribution is 5.10. The van der Waals surface area contributed by atoms with Crippen molar-refractivity contribution in [2.75, 3.05) is 13.9 Å². The van der Waals surface area contributed by atoms with Crippen molar-refractivity contribution in [1.29, 1.82) is 0 Å². The van der Waals surface area contributed by atoms with Crippen molar-refractivity contribution in [1.82, 2.24) is 0 Å². The maximum Gasteiger partial charge on any atom is 0.147 e. The van der Waals surface area contributed by atoms with Gasteiger partial charge in [0.15, 0.2) is 0 Å². The first kappa shape index (κ1) is 15.8. The fourth-order valence-electron chi connectivity index (χ4n) is 3.69. The largest absolute Gasteiger partial charge is 0.359 e. The van der Waals surface area contributed by atoms with Crippen LogP contribution in [0.1, 0.15) is 58.8 Å². The molecule has 0 radical (unpaired) electrons. The molecule has 1 fully saturated rings. The van der Waals surface area contributed by atoms with E-state index in [9.17, 15) is 0 Å². The highest BCUT2D eigenvalue weighted by atomic mass is 16.7. The molecule has 0 N–H and O–H groups in total. The molecule has 20 heavy (non-hydrogen) atoms. The van der Waals surface area contributed by atoms with Crippen LogP contribution in [0.3, 0.4) is 0 Å². The van der Waals surface area contributed by atoms with Crippen molar-refractivity contribution in [3.63, 3.8) is 0 Å². The zero-order valence-electron chi connectivity index (χ0n) is 13.4. The lowest BCUT2D eigenvalue weighted by Gasteiger charge is -2.18. The van der Waals surface area contributed by atoms with Crippen molar-refractivity contribution < 1.29 is 9.47 Å². The Bertz CT molecular complexity index is 356. The van der Waals surface area contributed by atoms with E-state index in [1.54, 1.807) is 7.11 Å². The van der Waals surface area contributed by atoms with Crippen LogP contribution in [0, 0.1) is 11.8 Å². The lowest BCUT2D eigenvalue weighted by Crippen LogP contribution is -2.13. The van der Waals surface area contributed by atoms with Gasteiger partial charge in [-0.2, -0.15) is 0 Å². The first-order valence-corrected chi connectivity index (χ1v) is 8.12. The zero-order chi connectivity index (χ0) is 14.4. The van der Waals surface area contributed by atoms with Crippen LogP contribution < -0.4 is 0 Å². The van der Waals surface area contributed by atoms with E-state index in [0.717, 1.165) is 18.3 Å². The molecule has 3 atom stereocenters. The lowest BCUT2D eigenvalue weighted by molar-refractivity contribution is -0.0551. The van der Waals surface area contributed by atoms with Crippen molar-refractivity contribution >= 4 is 0 Å². The number of rotatable bonds is 3. The molecule has 114 valence electrons. The summed E-state index contributed by atoms with van der Waals surface area (Å²) in [5.41, 5.74) is 2.94. The van der Waals surface area contributed by atoms with E-state index >= 15 is 0 Å². The monoisotopic (exact) mass is 278 g/mol. The molecule has 0 saturated heterocycles. The van der Waals surface area contributed by atoms with Crippen LogP contribution in [-0.4, -0.2) is 20.0 Å². The number of ether oxygens (including phenoxy) is 2. The van der Waals surface area contributed by atoms with Crippen LogP contribution in [0.4, 0.5) is 0 Å². The number of hydrogen-bond acceptors (Lipinski definition) is 2. The van der Waals surface area contributed by atoms with E-state index < -0.39 is 0 Å². The van der Waals surface area contributed by atoms with E-state index in [-0.39, 0.29) is 6.10 Å². The van der Waals surface area contributed by atoms with Gasteiger partial charge >= 0.3 is 0 Å². The van der Waals surface area contributed by atoms with Crippen LogP contribution in [0.15, 0.2) is 23.3 Å². The van der Waals surface area contributed by atoms with E-state index in [2.05, 4.69) is 26.0 Å². The summed E-state index contributed by atoms with van der Waals surface area (Å²) in [6.07, 6.45) is 14.1. The minimum absolute atomic E-state index is 0.171. The molecule has 0 spiro atoms. The highest BCUT2D eigenvalue weighted by Gasteiger charge is 2.26. The first-order valence-electron chi connectivity index (χ1n) is 8.12. The average molecular weight is 278 g/mol. The Balaban J connectivity index is 2.06. The van der Waals surface area contributed by atoms with Crippen molar-refractivity contribution in [2.45, 2.75) is 64.9 Å². The Morgan fingerprint density at radius 2 is 1.90 bits per heavy atom. The van der Waals surface area contributed by atoms with Crippen LogP contribution >= 0.6 is 0 Å². The Morgan fingerprint density at radius 3 is 2.70 bits per heavy atom. The standard InChI is InChI=1S/C18H30O2/c1-14-7-9-16-5-4-6-17(16)10-8-15(2)12-18(11-14)20-13-19-3/h7,12,16-18H,4-6,8-11,13H2,1-3H3/b14-7+,15-12+/t16-,17-,18-/m1/s1. The average Bonchev–Trinajstić information content (AvgIpc) is 2.86. The fraction of sp³-hybridized carbons (Fsp3) is 0.778. The van der Waals surface area contributed by atoms with E-state index in [4.69, 9.17) is 9.47 Å². The Kier molecular flexibility index (Phi) is 6.31. The molecule has 0 amide bonds. The van der Waals surface area contributed by atoms with Gasteiger partial charge in [0.1, 0.15) is 6.79 Å². The molecule has 2 nitrogen and oxygen atoms in total. The fourth-order valence-corrected chi connectivity index (χ4v) is 3.69. The Hall–Kier alpha value is -0.600. The summed E-state index contributed by atoms with van der Waals surface area (Å²) in [5.74, 6) is 1.87. The minimum atomic E-state index is 0.171. The van der Waals surface area contributed by atoms with E-state index in [0.29, 0.717) is 6.79 Å². The summed E-state index contributed by atoms with van der Waals surface area (Å²) >= 11 is 0. The molecule has 2 heteroatoms. The predicted octanol–water partition coefficient (Wildman–Crippen LogP) is 4.86. The molecule has 0 aromatic heterocycles. The maximum absolute atomic E-state index is 5.80. The molecular weight excluding hydrogens is 248 g/mol. The molecule has 0 aromatic carbocycles. The van der Waals surface area contributed by atoms with Gasteiger partial charge in [-0.05, 0) is 57.8 Å². The van der Waals surface area contributed by atoms with Crippen molar-refractivity contribution in [3.05, 3.63) is 23.3 Å². The summed E-state index contributed by atoms with van der Waals surface area (Å²) in [6.45, 7) is 4.88. The topological polar surface area (TPSA) is 18.5 Å². The normalized spacial score (nSPS) is 37.2. The number of methoxy groups -OCH3 is 1. The molecule has 2 aliphatic carbocycles. The SMILES string of the molecule is COCO[C@H]1/C=C(\C)CC[C@H]2CCC[C@@H]2C/C=C(\C)C1. The molecule has 2 rings (SSSR count). The smallest absolute Gasteiger partial charge is 0.147 e. The van der Waals surface area contributed by atoms with Gasteiger partial charge in [0.2, 0.25) is 0 Å². The predicted molar refractivity (Wildman–Crippen MR) is 83.6 cm³/mol. The molecule has 2 aliphatic rings. The molecule has 0 heterocycles. The van der Waals surface area contributed by atoms with Crippen LogP contribution in [0.2, 0.25) is 0 Å². The van der Waals surface area contributed by atoms with Gasteiger partial charge < -0.3 is 9.47 Å². The summed E-state index contributed by atoms with van der Waals surface area (Å²) in [4.78, 5) is 0. The summed E-state index contributed by atoms with van der Waals surface area (Å²) in [6, 6.07) is 0. The second-order valence-electron chi connectivity index (χ2n) is 6.60. The van der Waals surface area contributed by atoms with E-state index in [1.165, 1.54) is 49.7 Å². The van der Waals surface area contributed by atoms with Crippen LogP contribution in [0.25, 0.3) is 0 Å². The summed E-state index contributed by atoms with van der Waals surface area (Å²) in [5, 5.41) is 0. The Labute approximate surface area is 124 Å². The molecule has 1 saturated carbocycles. The van der Waals surface area contributed by atoms with Gasteiger partial charge in [-0.3, -0.25) is 0 Å². The molecule has 0 aromatic rings. The van der Waals surface area contributed by atoms with Crippen molar-refractivity contribution in [3.8, 4) is 0 Å². The quantitative estimate of drug-likeness (QED) is 0.542. The van der Waals surface area contributed by atoms with Crippen LogP contribution in [0.5, 0.6) is 0 Å². The third kappa shape index (κ3) is 4.75. The number of hydrogen-bond donors (Lipinski definition) is 0. The van der Waals surface area contributed by atoms with Gasteiger partial charge in [0, 0.05) is 7.11 Å². The zero-order valence-corrected chi connectivity index (χ0v) is 13.4. The first-order chi connectivity index (χ1) is 9.69. The lowest BCUT2D eigenvalue weighted by atomic mass is 9.88. The second kappa shape index (κ2) is 7.99. The maximum atomic E-state index is 5.80. The summed E-state index contributed by atoms with van der Waals surface area (Å²) < 4.78 is 10.9. The Morgan fingerprint density at radius 1 is 1.10 bits per heavy atom. The second-order valence-corrected chi connectivity index (χ2v) is 6.60. The van der Waals surface area contributed by atoms with Gasteiger partial charge in [0.25, 0.3) is 0 Å². The van der Waals surface area contributed by atoms with Crippen LogP contribution in [-0.2, 0) is 9.47 Å². The number of fused-ring (bicyclic) bond motifs is 1. The van der Waals surface area contributed by atoms with Gasteiger partial charge in [0.05, 0.1) is 6.10 Å². The summed E-state index contributed by atoms with van der Waals surface area (Å²) in [7, 11) is 1.69. The highest BCUT2D eigenvalue weighted by Crippen LogP contribution is 2.38. The molecule has 0 unspecified atom stereocenters. The van der Waals surface area contributed by atoms with Gasteiger partial charge in [-0.1, -0.05) is 36.1 Å². The van der Waals surface area contributed by atoms with Gasteiger partial charge in [-0.15, -0.1) is 0 Å². The van der Waals surface area contributed by atoms with Crippen molar-refractivity contribution in [2.24, 2.45) is 11.8 Å². The minimum Gasteiger partial charge on any atom is -0.359 e.